The van der Waals surface area contributed by atoms with Gasteiger partial charge in [-0.15, -0.1) is 0 Å². The van der Waals surface area contributed by atoms with Crippen molar-refractivity contribution in [3.63, 3.8) is 0 Å². The predicted molar refractivity (Wildman–Crippen MR) is 84.6 cm³/mol. The van der Waals surface area contributed by atoms with Gasteiger partial charge in [0.1, 0.15) is 5.82 Å². The highest BCUT2D eigenvalue weighted by atomic mass is 16.5. The number of ether oxygens (including phenoxy) is 1. The fourth-order valence-corrected chi connectivity index (χ4v) is 1.97. The first kappa shape index (κ1) is 15.3. The fraction of sp³-hybridized carbons (Fsp3) is 0.375. The van der Waals surface area contributed by atoms with Gasteiger partial charge in [-0.2, -0.15) is 0 Å². The number of methoxy groups -OCH3 is 1. The van der Waals surface area contributed by atoms with E-state index in [1.54, 1.807) is 13.3 Å². The average Bonchev–Trinajstić information content (AvgIpc) is 2.53. The second-order valence-corrected chi connectivity index (χ2v) is 4.85. The molecule has 0 unspecified atom stereocenters. The topological polar surface area (TPSA) is 59.1 Å². The number of rotatable bonds is 8. The first-order valence-corrected chi connectivity index (χ1v) is 7.14. The van der Waals surface area contributed by atoms with Crippen LogP contribution in [0.25, 0.3) is 0 Å². The largest absolute Gasteiger partial charge is 0.481 e. The zero-order chi connectivity index (χ0) is 14.9. The third-order valence-electron chi connectivity index (χ3n) is 3.11. The predicted octanol–water partition coefficient (Wildman–Crippen LogP) is 2.39. The monoisotopic (exact) mass is 286 g/mol. The molecule has 0 saturated carbocycles. The first-order valence-electron chi connectivity index (χ1n) is 7.14. The molecule has 2 rings (SSSR count). The summed E-state index contributed by atoms with van der Waals surface area (Å²) in [6, 6.07) is 8.00. The number of anilines is 1. The summed E-state index contributed by atoms with van der Waals surface area (Å²) in [5.41, 5.74) is 2.25. The van der Waals surface area contributed by atoms with Crippen LogP contribution in [0.1, 0.15) is 17.5 Å². The van der Waals surface area contributed by atoms with Gasteiger partial charge in [-0.3, -0.25) is 0 Å². The summed E-state index contributed by atoms with van der Waals surface area (Å²) < 4.78 is 5.22. The van der Waals surface area contributed by atoms with Crippen molar-refractivity contribution in [1.29, 1.82) is 0 Å². The van der Waals surface area contributed by atoms with Crippen LogP contribution < -0.4 is 15.4 Å². The minimum absolute atomic E-state index is 0.687. The Morgan fingerprint density at radius 1 is 1.14 bits per heavy atom. The van der Waals surface area contributed by atoms with Gasteiger partial charge in [0.2, 0.25) is 5.88 Å². The van der Waals surface area contributed by atoms with E-state index in [1.807, 2.05) is 31.3 Å². The Morgan fingerprint density at radius 2 is 2.05 bits per heavy atom. The zero-order valence-corrected chi connectivity index (χ0v) is 12.6. The number of hydrogen-bond donors (Lipinski definition) is 2. The quantitative estimate of drug-likeness (QED) is 0.730. The Hall–Kier alpha value is -2.14. The third kappa shape index (κ3) is 5.04. The number of aryl methyl sites for hydroxylation is 1. The van der Waals surface area contributed by atoms with Crippen molar-refractivity contribution in [2.45, 2.75) is 19.9 Å². The lowest BCUT2D eigenvalue weighted by Gasteiger charge is -2.09. The second kappa shape index (κ2) is 8.21. The van der Waals surface area contributed by atoms with Crippen molar-refractivity contribution >= 4 is 5.82 Å². The normalized spacial score (nSPS) is 10.4. The van der Waals surface area contributed by atoms with Gasteiger partial charge < -0.3 is 15.4 Å². The summed E-state index contributed by atoms with van der Waals surface area (Å²) in [4.78, 5) is 8.49. The molecule has 5 nitrogen and oxygen atoms in total. The van der Waals surface area contributed by atoms with Crippen LogP contribution in [0.5, 0.6) is 5.88 Å². The molecule has 2 aromatic heterocycles. The lowest BCUT2D eigenvalue weighted by Crippen LogP contribution is -2.18. The Bertz CT molecular complexity index is 542. The molecule has 2 heterocycles. The molecule has 5 heteroatoms. The standard InChI is InChI=1S/C16H22N4O/c1-13-6-7-15(20-11-13)18-10-4-8-17-12-14-5-3-9-19-16(14)21-2/h3,5-7,9,11,17H,4,8,10,12H2,1-2H3,(H,18,20). The van der Waals surface area contributed by atoms with E-state index in [-0.39, 0.29) is 0 Å². The molecule has 0 saturated heterocycles. The van der Waals surface area contributed by atoms with Crippen molar-refractivity contribution in [2.24, 2.45) is 0 Å². The molecule has 0 amide bonds. The number of nitrogens with zero attached hydrogens (tertiary/aromatic N) is 2. The van der Waals surface area contributed by atoms with E-state index in [0.717, 1.165) is 37.4 Å². The molecular weight excluding hydrogens is 264 g/mol. The summed E-state index contributed by atoms with van der Waals surface area (Å²) in [5, 5.41) is 6.70. The van der Waals surface area contributed by atoms with Crippen LogP contribution in [-0.2, 0) is 6.54 Å². The van der Waals surface area contributed by atoms with Crippen molar-refractivity contribution in [3.05, 3.63) is 47.8 Å². The first-order chi connectivity index (χ1) is 10.3. The van der Waals surface area contributed by atoms with Crippen LogP contribution in [0.15, 0.2) is 36.7 Å². The van der Waals surface area contributed by atoms with Crippen molar-refractivity contribution in [2.75, 3.05) is 25.5 Å². The highest BCUT2D eigenvalue weighted by Crippen LogP contribution is 2.12. The van der Waals surface area contributed by atoms with Gasteiger partial charge >= 0.3 is 0 Å². The van der Waals surface area contributed by atoms with E-state index in [0.29, 0.717) is 5.88 Å². The molecule has 21 heavy (non-hydrogen) atoms. The zero-order valence-electron chi connectivity index (χ0n) is 12.6. The molecule has 0 radical (unpaired) electrons. The van der Waals surface area contributed by atoms with E-state index < -0.39 is 0 Å². The third-order valence-corrected chi connectivity index (χ3v) is 3.11. The minimum atomic E-state index is 0.687. The van der Waals surface area contributed by atoms with Gasteiger partial charge in [-0.1, -0.05) is 12.1 Å². The smallest absolute Gasteiger partial charge is 0.217 e. The molecule has 0 aliphatic heterocycles. The maximum absolute atomic E-state index is 5.22. The van der Waals surface area contributed by atoms with Gasteiger partial charge in [-0.05, 0) is 37.6 Å². The van der Waals surface area contributed by atoms with Crippen molar-refractivity contribution in [1.82, 2.24) is 15.3 Å². The molecule has 2 N–H and O–H groups in total. The lowest BCUT2D eigenvalue weighted by atomic mass is 10.2. The number of nitrogens with one attached hydrogen (secondary N) is 2. The van der Waals surface area contributed by atoms with Crippen LogP contribution >= 0.6 is 0 Å². The van der Waals surface area contributed by atoms with Crippen LogP contribution in [-0.4, -0.2) is 30.2 Å². The maximum Gasteiger partial charge on any atom is 0.217 e. The molecule has 0 spiro atoms. The highest BCUT2D eigenvalue weighted by Gasteiger charge is 2.01. The van der Waals surface area contributed by atoms with Crippen LogP contribution in [0.2, 0.25) is 0 Å². The molecule has 112 valence electrons. The van der Waals surface area contributed by atoms with E-state index in [9.17, 15) is 0 Å². The fourth-order valence-electron chi connectivity index (χ4n) is 1.97. The number of pyridine rings is 2. The summed E-state index contributed by atoms with van der Waals surface area (Å²) in [6.07, 6.45) is 4.63. The van der Waals surface area contributed by atoms with E-state index >= 15 is 0 Å². The van der Waals surface area contributed by atoms with E-state index in [1.165, 1.54) is 5.56 Å². The molecule has 0 fully saturated rings. The maximum atomic E-state index is 5.22. The lowest BCUT2D eigenvalue weighted by molar-refractivity contribution is 0.390. The molecule has 0 atom stereocenters. The van der Waals surface area contributed by atoms with E-state index in [2.05, 4.69) is 26.7 Å². The Balaban J connectivity index is 1.63. The van der Waals surface area contributed by atoms with Gasteiger partial charge in [0.25, 0.3) is 0 Å². The summed E-state index contributed by atoms with van der Waals surface area (Å²) >= 11 is 0. The Morgan fingerprint density at radius 3 is 2.81 bits per heavy atom. The summed E-state index contributed by atoms with van der Waals surface area (Å²) in [7, 11) is 1.64. The molecular formula is C16H22N4O. The SMILES string of the molecule is COc1ncccc1CNCCCNc1ccc(C)cn1. The average molecular weight is 286 g/mol. The minimum Gasteiger partial charge on any atom is -0.481 e. The van der Waals surface area contributed by atoms with Crippen LogP contribution in [0.3, 0.4) is 0 Å². The molecule has 2 aromatic rings. The van der Waals surface area contributed by atoms with Crippen molar-refractivity contribution in [3.8, 4) is 5.88 Å². The molecule has 0 aliphatic rings. The summed E-state index contributed by atoms with van der Waals surface area (Å²) in [5.74, 6) is 1.61. The van der Waals surface area contributed by atoms with Gasteiger partial charge in [-0.25, -0.2) is 9.97 Å². The molecule has 0 aliphatic carbocycles. The summed E-state index contributed by atoms with van der Waals surface area (Å²) in [6.45, 7) is 4.62. The highest BCUT2D eigenvalue weighted by molar-refractivity contribution is 5.34. The Kier molecular flexibility index (Phi) is 5.97. The van der Waals surface area contributed by atoms with Crippen LogP contribution in [0.4, 0.5) is 5.82 Å². The van der Waals surface area contributed by atoms with E-state index in [4.69, 9.17) is 4.74 Å². The van der Waals surface area contributed by atoms with Gasteiger partial charge in [0.05, 0.1) is 7.11 Å². The van der Waals surface area contributed by atoms with Crippen molar-refractivity contribution < 1.29 is 4.74 Å². The van der Waals surface area contributed by atoms with Crippen LogP contribution in [0, 0.1) is 6.92 Å². The van der Waals surface area contributed by atoms with Gasteiger partial charge in [0.15, 0.2) is 0 Å². The second-order valence-electron chi connectivity index (χ2n) is 4.85. The number of hydrogen-bond acceptors (Lipinski definition) is 5. The number of aromatic nitrogens is 2. The molecule has 0 bridgehead atoms. The Labute approximate surface area is 125 Å². The van der Waals surface area contributed by atoms with Gasteiger partial charge in [0, 0.05) is 31.0 Å². The molecule has 0 aromatic carbocycles.